The highest BCUT2D eigenvalue weighted by atomic mass is 32.2. The first kappa shape index (κ1) is 27.1. The highest BCUT2D eigenvalue weighted by molar-refractivity contribution is 7.50. The van der Waals surface area contributed by atoms with Crippen molar-refractivity contribution >= 4 is 36.6 Å². The first-order chi connectivity index (χ1) is 19.7. The van der Waals surface area contributed by atoms with E-state index < -0.39 is 23.3 Å². The number of carbonyl (C=O) groups excluding carboxylic acids is 1. The predicted molar refractivity (Wildman–Crippen MR) is 158 cm³/mol. The van der Waals surface area contributed by atoms with E-state index in [-0.39, 0.29) is 17.1 Å². The first-order valence-electron chi connectivity index (χ1n) is 13.4. The minimum Gasteiger partial charge on any atom is -0.481 e. The molecule has 0 saturated carbocycles. The van der Waals surface area contributed by atoms with Crippen molar-refractivity contribution in [3.05, 3.63) is 119 Å². The minimum absolute atomic E-state index is 0.245. The van der Waals surface area contributed by atoms with Gasteiger partial charge >= 0.3 is 12.1 Å². The van der Waals surface area contributed by atoms with Gasteiger partial charge in [-0.1, -0.05) is 42.5 Å². The molecule has 1 heterocycles. The van der Waals surface area contributed by atoms with Crippen LogP contribution in [0.1, 0.15) is 35.1 Å². The van der Waals surface area contributed by atoms with Crippen molar-refractivity contribution < 1.29 is 27.4 Å². The van der Waals surface area contributed by atoms with Crippen LogP contribution in [0.2, 0.25) is 0 Å². The van der Waals surface area contributed by atoms with Gasteiger partial charge in [0.05, 0.1) is 5.56 Å². The zero-order valence-electron chi connectivity index (χ0n) is 22.6. The molecule has 1 atom stereocenters. The number of benzene rings is 4. The zero-order chi connectivity index (χ0) is 28.8. The maximum absolute atomic E-state index is 13.1. The first-order valence-corrected chi connectivity index (χ1v) is 14.6. The topological polar surface area (TPSA) is 35.5 Å². The molecule has 0 amide bonds. The lowest BCUT2D eigenvalue weighted by Crippen LogP contribution is -2.31. The summed E-state index contributed by atoms with van der Waals surface area (Å²) in [5, 5.41) is 2.51. The Labute approximate surface area is 238 Å². The molecule has 0 saturated heterocycles. The summed E-state index contributed by atoms with van der Waals surface area (Å²) in [5.41, 5.74) is 0.485. The van der Waals surface area contributed by atoms with Gasteiger partial charge in [-0.2, -0.15) is 13.2 Å². The molecule has 0 fully saturated rings. The Morgan fingerprint density at radius 3 is 2.00 bits per heavy atom. The number of aryl methyl sites for hydroxylation is 2. The van der Waals surface area contributed by atoms with Crippen LogP contribution in [0.25, 0.3) is 25.1 Å². The van der Waals surface area contributed by atoms with Crippen LogP contribution in [-0.2, 0) is 21.3 Å². The summed E-state index contributed by atoms with van der Waals surface area (Å²) < 4.78 is 53.6. The van der Waals surface area contributed by atoms with E-state index in [1.54, 1.807) is 6.08 Å². The summed E-state index contributed by atoms with van der Waals surface area (Å²) in [6.07, 6.45) is 0.305. The molecule has 3 nitrogen and oxygen atoms in total. The molecule has 0 aliphatic heterocycles. The fourth-order valence-corrected chi connectivity index (χ4v) is 8.27. The Kier molecular flexibility index (Phi) is 6.86. The van der Waals surface area contributed by atoms with Crippen LogP contribution in [0.5, 0.6) is 5.75 Å². The average molecular weight is 574 g/mol. The molecule has 0 spiro atoms. The number of thiophene rings is 1. The summed E-state index contributed by atoms with van der Waals surface area (Å²) >= 11 is 0. The lowest BCUT2D eigenvalue weighted by atomic mass is 9.92. The third-order valence-corrected chi connectivity index (χ3v) is 9.87. The van der Waals surface area contributed by atoms with Crippen molar-refractivity contribution in [1.82, 2.24) is 0 Å². The van der Waals surface area contributed by atoms with E-state index in [4.69, 9.17) is 9.47 Å². The summed E-state index contributed by atoms with van der Waals surface area (Å²) in [4.78, 5) is 14.2. The van der Waals surface area contributed by atoms with E-state index in [1.165, 1.54) is 37.2 Å². The van der Waals surface area contributed by atoms with Crippen molar-refractivity contribution in [3.63, 3.8) is 0 Å². The molecular formula is C34H28F3O3S+. The fraction of sp³-hybridized carbons (Fsp3) is 0.206. The maximum atomic E-state index is 13.1. The number of hydrogen-bond acceptors (Lipinski definition) is 3. The largest absolute Gasteiger partial charge is 0.481 e. The molecule has 0 N–H and O–H groups in total. The number of hydrogen-bond donors (Lipinski definition) is 0. The Balaban J connectivity index is 1.23. The monoisotopic (exact) mass is 573 g/mol. The van der Waals surface area contributed by atoms with Gasteiger partial charge in [-0.3, -0.25) is 0 Å². The number of rotatable bonds is 6. The molecular weight excluding hydrogens is 545 g/mol. The van der Waals surface area contributed by atoms with Gasteiger partial charge < -0.3 is 9.47 Å². The fourth-order valence-electron chi connectivity index (χ4n) is 5.71. The number of ether oxygens (including phenoxy) is 2. The van der Waals surface area contributed by atoms with Crippen molar-refractivity contribution in [2.24, 2.45) is 0 Å². The van der Waals surface area contributed by atoms with Gasteiger partial charge in [-0.05, 0) is 85.9 Å². The lowest BCUT2D eigenvalue weighted by Gasteiger charge is -2.28. The summed E-state index contributed by atoms with van der Waals surface area (Å²) in [6.45, 7) is 3.63. The summed E-state index contributed by atoms with van der Waals surface area (Å²) in [6, 6.07) is 26.0. The minimum atomic E-state index is -4.43. The third-order valence-electron chi connectivity index (χ3n) is 7.57. The van der Waals surface area contributed by atoms with E-state index in [2.05, 4.69) is 60.7 Å². The van der Waals surface area contributed by atoms with Gasteiger partial charge in [0, 0.05) is 33.4 Å². The van der Waals surface area contributed by atoms with Crippen molar-refractivity contribution in [3.8, 4) is 10.6 Å². The second-order valence-corrected chi connectivity index (χ2v) is 12.3. The van der Waals surface area contributed by atoms with Crippen molar-refractivity contribution in [1.29, 1.82) is 0 Å². The number of halogens is 3. The molecule has 1 unspecified atom stereocenters. The number of carbonyl (C=O) groups is 1. The highest BCUT2D eigenvalue weighted by Crippen LogP contribution is 2.49. The smallest absolute Gasteiger partial charge is 0.416 e. The molecule has 1 aliphatic carbocycles. The molecule has 208 valence electrons. The molecule has 1 aliphatic rings. The van der Waals surface area contributed by atoms with Crippen LogP contribution in [0.4, 0.5) is 13.2 Å². The molecule has 7 heteroatoms. The maximum Gasteiger partial charge on any atom is 0.416 e. The SMILES string of the molecule is Cc1cc(-[s+]2c3ccccc3c3ccccc32)cc(C)c1OCC(=O)OC1(c2ccc(C(F)(F)F)cc2)C=CCC1. The quantitative estimate of drug-likeness (QED) is 0.115. The van der Waals surface area contributed by atoms with Crippen LogP contribution in [0, 0.1) is 13.8 Å². The van der Waals surface area contributed by atoms with Crippen LogP contribution in [0.15, 0.2) is 97.1 Å². The molecule has 1 aromatic heterocycles. The number of allylic oxidation sites excluding steroid dienone is 1. The van der Waals surface area contributed by atoms with Crippen LogP contribution >= 0.6 is 10.5 Å². The number of alkyl halides is 3. The van der Waals surface area contributed by atoms with Crippen LogP contribution in [0.3, 0.4) is 0 Å². The van der Waals surface area contributed by atoms with Crippen molar-refractivity contribution in [2.45, 2.75) is 38.5 Å². The Bertz CT molecular complexity index is 1720. The molecule has 41 heavy (non-hydrogen) atoms. The van der Waals surface area contributed by atoms with Gasteiger partial charge in [0.25, 0.3) is 0 Å². The van der Waals surface area contributed by atoms with E-state index in [0.717, 1.165) is 23.3 Å². The third kappa shape index (κ3) is 4.99. The van der Waals surface area contributed by atoms with Gasteiger partial charge in [-0.25, -0.2) is 4.79 Å². The van der Waals surface area contributed by atoms with E-state index in [0.29, 0.717) is 24.2 Å². The molecule has 0 bridgehead atoms. The second kappa shape index (κ2) is 10.4. The molecule has 6 rings (SSSR count). The highest BCUT2D eigenvalue weighted by Gasteiger charge is 2.38. The van der Waals surface area contributed by atoms with E-state index in [9.17, 15) is 18.0 Å². The normalized spacial score (nSPS) is 16.9. The van der Waals surface area contributed by atoms with Gasteiger partial charge in [0.2, 0.25) is 0 Å². The van der Waals surface area contributed by atoms with Gasteiger partial charge in [0.1, 0.15) is 5.75 Å². The number of fused-ring (bicyclic) bond motifs is 3. The Morgan fingerprint density at radius 2 is 1.46 bits per heavy atom. The second-order valence-electron chi connectivity index (χ2n) is 10.4. The standard InChI is InChI=1S/C34H28F3O3S/c1-22-19-26(41-29-11-5-3-9-27(29)28-10-4-6-12-30(28)41)20-23(2)32(22)39-21-31(38)40-33(17-7-8-18-33)24-13-15-25(16-14-24)34(35,36)37/h3-7,9-17,19-20H,8,18,21H2,1-2H3/q+1. The van der Waals surface area contributed by atoms with E-state index in [1.807, 2.05) is 19.9 Å². The van der Waals surface area contributed by atoms with E-state index >= 15 is 0 Å². The molecule has 0 radical (unpaired) electrons. The van der Waals surface area contributed by atoms with Gasteiger partial charge in [-0.15, -0.1) is 0 Å². The summed E-state index contributed by atoms with van der Waals surface area (Å²) in [7, 11) is -0.245. The lowest BCUT2D eigenvalue weighted by molar-refractivity contribution is -0.158. The predicted octanol–water partition coefficient (Wildman–Crippen LogP) is 9.53. The van der Waals surface area contributed by atoms with Crippen molar-refractivity contribution in [2.75, 3.05) is 6.61 Å². The Morgan fingerprint density at radius 1 is 0.878 bits per heavy atom. The van der Waals surface area contributed by atoms with Crippen LogP contribution in [-0.4, -0.2) is 12.6 Å². The molecule has 4 aromatic carbocycles. The zero-order valence-corrected chi connectivity index (χ0v) is 23.4. The molecule has 5 aromatic rings. The van der Waals surface area contributed by atoms with Crippen LogP contribution < -0.4 is 4.74 Å². The average Bonchev–Trinajstić information content (AvgIpc) is 3.55. The summed E-state index contributed by atoms with van der Waals surface area (Å²) in [5.74, 6) is 0.0421. The Hall–Kier alpha value is -4.10. The van der Waals surface area contributed by atoms with Gasteiger partial charge in [0.15, 0.2) is 26.5 Å². The number of esters is 1.